The lowest BCUT2D eigenvalue weighted by molar-refractivity contribution is -0.385. The van der Waals surface area contributed by atoms with Gasteiger partial charge in [-0.3, -0.25) is 15.1 Å². The van der Waals surface area contributed by atoms with Gasteiger partial charge < -0.3 is 4.74 Å². The van der Waals surface area contributed by atoms with Gasteiger partial charge in [-0.25, -0.2) is 0 Å². The van der Waals surface area contributed by atoms with E-state index in [2.05, 4.69) is 4.98 Å². The zero-order valence-corrected chi connectivity index (χ0v) is 12.9. The quantitative estimate of drug-likeness (QED) is 0.478. The van der Waals surface area contributed by atoms with Crippen LogP contribution in [0, 0.1) is 17.0 Å². The number of halogens is 3. The van der Waals surface area contributed by atoms with Gasteiger partial charge in [-0.05, 0) is 48.9 Å². The summed E-state index contributed by atoms with van der Waals surface area (Å²) in [5, 5.41) is 11.9. The zero-order chi connectivity index (χ0) is 18.2. The summed E-state index contributed by atoms with van der Waals surface area (Å²) in [4.78, 5) is 14.4. The van der Waals surface area contributed by atoms with Crippen molar-refractivity contribution in [2.45, 2.75) is 13.1 Å². The van der Waals surface area contributed by atoms with Crippen LogP contribution in [0.4, 0.5) is 18.9 Å². The number of fused-ring (bicyclic) bond motifs is 1. The molecule has 0 saturated heterocycles. The molecule has 3 rings (SSSR count). The van der Waals surface area contributed by atoms with Gasteiger partial charge in [-0.1, -0.05) is 0 Å². The van der Waals surface area contributed by atoms with Crippen LogP contribution in [0.1, 0.15) is 11.1 Å². The van der Waals surface area contributed by atoms with Crippen molar-refractivity contribution in [2.24, 2.45) is 0 Å². The molecule has 0 unspecified atom stereocenters. The predicted octanol–water partition coefficient (Wildman–Crippen LogP) is 5.26. The van der Waals surface area contributed by atoms with Crippen LogP contribution in [0.3, 0.4) is 0 Å². The maximum absolute atomic E-state index is 12.7. The summed E-state index contributed by atoms with van der Waals surface area (Å²) in [7, 11) is 0. The Hall–Kier alpha value is -3.16. The van der Waals surface area contributed by atoms with E-state index in [4.69, 9.17) is 4.74 Å². The third-order valence-electron chi connectivity index (χ3n) is 3.50. The topological polar surface area (TPSA) is 65.3 Å². The fraction of sp³-hybridized carbons (Fsp3) is 0.118. The SMILES string of the molecule is Cc1cnc2ccc(Oc3ccc(C(F)(F)F)cc3[N+](=O)[O-])cc2c1. The number of hydrogen-bond acceptors (Lipinski definition) is 4. The number of alkyl halides is 3. The number of hydrogen-bond donors (Lipinski definition) is 0. The molecule has 128 valence electrons. The Morgan fingerprint density at radius 3 is 2.56 bits per heavy atom. The average molecular weight is 348 g/mol. The molecule has 0 aliphatic carbocycles. The molecule has 1 heterocycles. The van der Waals surface area contributed by atoms with E-state index in [1.165, 1.54) is 0 Å². The van der Waals surface area contributed by atoms with Crippen molar-refractivity contribution in [2.75, 3.05) is 0 Å². The fourth-order valence-corrected chi connectivity index (χ4v) is 2.33. The van der Waals surface area contributed by atoms with Crippen LogP contribution in [-0.2, 0) is 6.18 Å². The lowest BCUT2D eigenvalue weighted by atomic mass is 10.1. The molecule has 0 spiro atoms. The predicted molar refractivity (Wildman–Crippen MR) is 84.7 cm³/mol. The maximum Gasteiger partial charge on any atom is 0.416 e. The number of benzene rings is 2. The van der Waals surface area contributed by atoms with E-state index in [-0.39, 0.29) is 11.5 Å². The highest BCUT2D eigenvalue weighted by Crippen LogP contribution is 2.38. The highest BCUT2D eigenvalue weighted by Gasteiger charge is 2.33. The van der Waals surface area contributed by atoms with E-state index in [1.54, 1.807) is 24.4 Å². The molecule has 25 heavy (non-hydrogen) atoms. The molecule has 0 atom stereocenters. The molecule has 3 aromatic rings. The number of nitrogens with zero attached hydrogens (tertiary/aromatic N) is 2. The Morgan fingerprint density at radius 2 is 1.88 bits per heavy atom. The van der Waals surface area contributed by atoms with Gasteiger partial charge in [0.25, 0.3) is 0 Å². The number of rotatable bonds is 3. The van der Waals surface area contributed by atoms with Crippen molar-refractivity contribution < 1.29 is 22.8 Å². The molecular formula is C17H11F3N2O3. The second kappa shape index (κ2) is 6.04. The second-order valence-corrected chi connectivity index (χ2v) is 5.41. The van der Waals surface area contributed by atoms with Crippen molar-refractivity contribution in [3.63, 3.8) is 0 Å². The van der Waals surface area contributed by atoms with E-state index in [9.17, 15) is 23.3 Å². The van der Waals surface area contributed by atoms with Crippen molar-refractivity contribution in [3.05, 3.63) is 69.9 Å². The van der Waals surface area contributed by atoms with Crippen molar-refractivity contribution in [1.82, 2.24) is 4.98 Å². The van der Waals surface area contributed by atoms with E-state index in [0.717, 1.165) is 23.1 Å². The summed E-state index contributed by atoms with van der Waals surface area (Å²) in [6.45, 7) is 1.86. The summed E-state index contributed by atoms with van der Waals surface area (Å²) in [5.41, 5.74) is -0.229. The van der Waals surface area contributed by atoms with Crippen LogP contribution in [0.25, 0.3) is 10.9 Å². The highest BCUT2D eigenvalue weighted by atomic mass is 19.4. The van der Waals surface area contributed by atoms with E-state index >= 15 is 0 Å². The van der Waals surface area contributed by atoms with Crippen LogP contribution in [-0.4, -0.2) is 9.91 Å². The lowest BCUT2D eigenvalue weighted by Crippen LogP contribution is -2.06. The number of ether oxygens (including phenoxy) is 1. The Labute approximate surface area is 139 Å². The van der Waals surface area contributed by atoms with Gasteiger partial charge in [0.1, 0.15) is 5.75 Å². The third-order valence-corrected chi connectivity index (χ3v) is 3.50. The van der Waals surface area contributed by atoms with E-state index in [0.29, 0.717) is 11.6 Å². The Morgan fingerprint density at radius 1 is 1.12 bits per heavy atom. The molecular weight excluding hydrogens is 337 g/mol. The van der Waals surface area contributed by atoms with Gasteiger partial charge in [0.05, 0.1) is 16.0 Å². The van der Waals surface area contributed by atoms with Crippen LogP contribution in [0.5, 0.6) is 11.5 Å². The molecule has 0 amide bonds. The number of aromatic nitrogens is 1. The summed E-state index contributed by atoms with van der Waals surface area (Å²) < 4.78 is 43.6. The standard InChI is InChI=1S/C17H11F3N2O3/c1-10-6-11-7-13(3-4-14(11)21-9-10)25-16-5-2-12(17(18,19)20)8-15(16)22(23)24/h2-9H,1H3. The minimum atomic E-state index is -4.67. The Bertz CT molecular complexity index is 971. The molecule has 0 saturated carbocycles. The minimum absolute atomic E-state index is 0.266. The lowest BCUT2D eigenvalue weighted by Gasteiger charge is -2.10. The fourth-order valence-electron chi connectivity index (χ4n) is 2.33. The van der Waals surface area contributed by atoms with Gasteiger partial charge in [-0.15, -0.1) is 0 Å². The van der Waals surface area contributed by atoms with Gasteiger partial charge in [0, 0.05) is 17.6 Å². The van der Waals surface area contributed by atoms with E-state index in [1.807, 2.05) is 13.0 Å². The van der Waals surface area contributed by atoms with Crippen LogP contribution < -0.4 is 4.74 Å². The molecule has 5 nitrogen and oxygen atoms in total. The molecule has 0 fully saturated rings. The first-order valence-corrected chi connectivity index (χ1v) is 7.14. The zero-order valence-electron chi connectivity index (χ0n) is 12.9. The number of nitro benzene ring substituents is 1. The van der Waals surface area contributed by atoms with Crippen molar-refractivity contribution in [1.29, 1.82) is 0 Å². The summed E-state index contributed by atoms with van der Waals surface area (Å²) in [6, 6.07) is 8.84. The summed E-state index contributed by atoms with van der Waals surface area (Å²) >= 11 is 0. The summed E-state index contributed by atoms with van der Waals surface area (Å²) in [5.74, 6) is 0.000668. The largest absolute Gasteiger partial charge is 0.450 e. The molecule has 0 aliphatic heterocycles. The molecule has 2 aromatic carbocycles. The van der Waals surface area contributed by atoms with E-state index < -0.39 is 22.4 Å². The smallest absolute Gasteiger partial charge is 0.416 e. The number of aryl methyl sites for hydroxylation is 1. The van der Waals surface area contributed by atoms with Crippen molar-refractivity contribution >= 4 is 16.6 Å². The van der Waals surface area contributed by atoms with Gasteiger partial charge in [-0.2, -0.15) is 13.2 Å². The highest BCUT2D eigenvalue weighted by molar-refractivity contribution is 5.80. The minimum Gasteiger partial charge on any atom is -0.450 e. The average Bonchev–Trinajstić information content (AvgIpc) is 2.53. The molecule has 0 N–H and O–H groups in total. The van der Waals surface area contributed by atoms with Gasteiger partial charge >= 0.3 is 11.9 Å². The molecule has 0 aliphatic rings. The number of nitro groups is 1. The van der Waals surface area contributed by atoms with Gasteiger partial charge in [0.15, 0.2) is 0 Å². The van der Waals surface area contributed by atoms with Crippen LogP contribution in [0.2, 0.25) is 0 Å². The van der Waals surface area contributed by atoms with Crippen LogP contribution in [0.15, 0.2) is 48.7 Å². The Balaban J connectivity index is 2.01. The molecule has 0 radical (unpaired) electrons. The normalized spacial score (nSPS) is 11.5. The number of pyridine rings is 1. The first-order chi connectivity index (χ1) is 11.7. The Kier molecular flexibility index (Phi) is 4.03. The monoisotopic (exact) mass is 348 g/mol. The summed E-state index contributed by atoms with van der Waals surface area (Å²) in [6.07, 6.45) is -2.97. The van der Waals surface area contributed by atoms with Crippen LogP contribution >= 0.6 is 0 Å². The van der Waals surface area contributed by atoms with Crippen molar-refractivity contribution in [3.8, 4) is 11.5 Å². The van der Waals surface area contributed by atoms with Gasteiger partial charge in [0.2, 0.25) is 5.75 Å². The first kappa shape index (κ1) is 16.7. The molecule has 0 bridgehead atoms. The molecule has 8 heteroatoms. The second-order valence-electron chi connectivity index (χ2n) is 5.41. The third kappa shape index (κ3) is 3.52. The maximum atomic E-state index is 12.7. The first-order valence-electron chi connectivity index (χ1n) is 7.14. The molecule has 1 aromatic heterocycles.